The van der Waals surface area contributed by atoms with Gasteiger partial charge in [-0.25, -0.2) is 14.8 Å². The molecule has 4 rings (SSSR count). The zero-order valence-electron chi connectivity index (χ0n) is 17.9. The number of hydrogen-bond donors (Lipinski definition) is 1. The van der Waals surface area contributed by atoms with Crippen molar-refractivity contribution >= 4 is 45.0 Å². The molecule has 0 spiro atoms. The number of aryl methyl sites for hydroxylation is 1. The molecule has 0 aliphatic carbocycles. The Balaban J connectivity index is 1.77. The van der Waals surface area contributed by atoms with Gasteiger partial charge in [-0.3, -0.25) is 0 Å². The van der Waals surface area contributed by atoms with Gasteiger partial charge in [0.2, 0.25) is 0 Å². The number of nitrogens with one attached hydrogen (secondary N) is 1. The van der Waals surface area contributed by atoms with Crippen molar-refractivity contribution in [3.63, 3.8) is 0 Å². The third-order valence-electron chi connectivity index (χ3n) is 5.68. The Bertz CT molecular complexity index is 1070. The number of hydrogen-bond acceptors (Lipinski definition) is 8. The maximum absolute atomic E-state index is 12.4. The van der Waals surface area contributed by atoms with Crippen LogP contribution in [0.3, 0.4) is 0 Å². The quantitative estimate of drug-likeness (QED) is 0.620. The molecule has 0 atom stereocenters. The Morgan fingerprint density at radius 2 is 1.80 bits per heavy atom. The van der Waals surface area contributed by atoms with Crippen LogP contribution in [0.1, 0.15) is 27.7 Å². The van der Waals surface area contributed by atoms with Crippen molar-refractivity contribution in [1.29, 1.82) is 0 Å². The highest BCUT2D eigenvalue weighted by Crippen LogP contribution is 2.37. The molecular weight excluding hydrogens is 398 g/mol. The minimum absolute atomic E-state index is 0.341. The molecule has 1 aliphatic heterocycles. The van der Waals surface area contributed by atoms with Crippen molar-refractivity contribution in [2.24, 2.45) is 0 Å². The van der Waals surface area contributed by atoms with Crippen molar-refractivity contribution < 1.29 is 9.53 Å². The molecule has 1 fully saturated rings. The van der Waals surface area contributed by atoms with E-state index in [0.29, 0.717) is 11.4 Å². The second-order valence-electron chi connectivity index (χ2n) is 7.41. The van der Waals surface area contributed by atoms with E-state index in [1.165, 1.54) is 18.4 Å². The van der Waals surface area contributed by atoms with Crippen LogP contribution in [0.4, 0.5) is 16.6 Å². The SMILES string of the molecule is CCN1CCN(c2nc3ccccc3nc2Nc2sc(C)c(C)c2C(=O)OC)CC1. The molecule has 7 nitrogen and oxygen atoms in total. The van der Waals surface area contributed by atoms with Gasteiger partial charge in [0.1, 0.15) is 5.00 Å². The number of piperazine rings is 1. The molecule has 8 heteroatoms. The van der Waals surface area contributed by atoms with Crippen LogP contribution in [-0.4, -0.2) is 60.7 Å². The summed E-state index contributed by atoms with van der Waals surface area (Å²) in [4.78, 5) is 28.0. The lowest BCUT2D eigenvalue weighted by Crippen LogP contribution is -2.46. The summed E-state index contributed by atoms with van der Waals surface area (Å²) in [5, 5.41) is 4.17. The molecule has 158 valence electrons. The van der Waals surface area contributed by atoms with Crippen molar-refractivity contribution in [2.75, 3.05) is 50.1 Å². The molecule has 3 heterocycles. The molecule has 3 aromatic rings. The zero-order chi connectivity index (χ0) is 21.3. The maximum atomic E-state index is 12.4. The minimum atomic E-state index is -0.341. The summed E-state index contributed by atoms with van der Waals surface area (Å²) in [5.41, 5.74) is 3.18. The van der Waals surface area contributed by atoms with Crippen LogP contribution in [-0.2, 0) is 4.74 Å². The van der Waals surface area contributed by atoms with Crippen LogP contribution in [0.25, 0.3) is 11.0 Å². The number of methoxy groups -OCH3 is 1. The van der Waals surface area contributed by atoms with Crippen LogP contribution in [0.2, 0.25) is 0 Å². The Hall–Kier alpha value is -2.71. The molecule has 0 amide bonds. The largest absolute Gasteiger partial charge is 0.465 e. The number of esters is 1. The number of anilines is 3. The average Bonchev–Trinajstić information content (AvgIpc) is 3.05. The van der Waals surface area contributed by atoms with Crippen molar-refractivity contribution in [2.45, 2.75) is 20.8 Å². The van der Waals surface area contributed by atoms with Gasteiger partial charge in [-0.1, -0.05) is 19.1 Å². The fourth-order valence-electron chi connectivity index (χ4n) is 3.74. The third-order valence-corrected chi connectivity index (χ3v) is 6.80. The zero-order valence-corrected chi connectivity index (χ0v) is 18.7. The number of thiophene rings is 1. The monoisotopic (exact) mass is 425 g/mol. The lowest BCUT2D eigenvalue weighted by atomic mass is 10.1. The van der Waals surface area contributed by atoms with Gasteiger partial charge in [-0.15, -0.1) is 11.3 Å². The van der Waals surface area contributed by atoms with Crippen molar-refractivity contribution in [3.8, 4) is 0 Å². The Morgan fingerprint density at radius 3 is 2.43 bits per heavy atom. The lowest BCUT2D eigenvalue weighted by Gasteiger charge is -2.35. The smallest absolute Gasteiger partial charge is 0.341 e. The summed E-state index contributed by atoms with van der Waals surface area (Å²) in [5.74, 6) is 1.15. The maximum Gasteiger partial charge on any atom is 0.341 e. The van der Waals surface area contributed by atoms with E-state index in [0.717, 1.165) is 65.0 Å². The van der Waals surface area contributed by atoms with Gasteiger partial charge < -0.3 is 19.9 Å². The first-order chi connectivity index (χ1) is 14.5. The van der Waals surface area contributed by atoms with Gasteiger partial charge >= 0.3 is 5.97 Å². The molecule has 1 aromatic carbocycles. The topological polar surface area (TPSA) is 70.6 Å². The van der Waals surface area contributed by atoms with Gasteiger partial charge in [-0.2, -0.15) is 0 Å². The highest BCUT2D eigenvalue weighted by molar-refractivity contribution is 7.16. The number of likely N-dealkylation sites (N-methyl/N-ethyl adjacent to an activating group) is 1. The average molecular weight is 426 g/mol. The van der Waals surface area contributed by atoms with Crippen molar-refractivity contribution in [3.05, 3.63) is 40.3 Å². The third kappa shape index (κ3) is 3.85. The van der Waals surface area contributed by atoms with E-state index in [1.807, 2.05) is 38.1 Å². The van der Waals surface area contributed by atoms with Crippen LogP contribution in [0.5, 0.6) is 0 Å². The van der Waals surface area contributed by atoms with Gasteiger partial charge in [-0.05, 0) is 38.1 Å². The Morgan fingerprint density at radius 1 is 1.13 bits per heavy atom. The highest BCUT2D eigenvalue weighted by Gasteiger charge is 2.25. The van der Waals surface area contributed by atoms with Crippen LogP contribution in [0, 0.1) is 13.8 Å². The van der Waals surface area contributed by atoms with E-state index in [9.17, 15) is 4.79 Å². The summed E-state index contributed by atoms with van der Waals surface area (Å²) in [7, 11) is 1.41. The number of carbonyl (C=O) groups is 1. The Labute approximate surface area is 180 Å². The molecule has 1 N–H and O–H groups in total. The normalized spacial score (nSPS) is 14.9. The van der Waals surface area contributed by atoms with E-state index in [2.05, 4.69) is 22.0 Å². The number of aromatic nitrogens is 2. The summed E-state index contributed by atoms with van der Waals surface area (Å²) in [6.45, 7) is 11.0. The fraction of sp³-hybridized carbons (Fsp3) is 0.409. The molecule has 2 aromatic heterocycles. The number of para-hydroxylation sites is 2. The van der Waals surface area contributed by atoms with Crippen molar-refractivity contribution in [1.82, 2.24) is 14.9 Å². The molecule has 0 unspecified atom stereocenters. The van der Waals surface area contributed by atoms with Gasteiger partial charge in [0.05, 0.1) is 23.7 Å². The lowest BCUT2D eigenvalue weighted by molar-refractivity contribution is 0.0601. The molecular formula is C22H27N5O2S. The minimum Gasteiger partial charge on any atom is -0.465 e. The van der Waals surface area contributed by atoms with E-state index >= 15 is 0 Å². The predicted octanol–water partition coefficient (Wildman–Crippen LogP) is 3.98. The van der Waals surface area contributed by atoms with Crippen LogP contribution in [0.15, 0.2) is 24.3 Å². The number of carbonyl (C=O) groups excluding carboxylic acids is 1. The second-order valence-corrected chi connectivity index (χ2v) is 8.63. The van der Waals surface area contributed by atoms with Gasteiger partial charge in [0.25, 0.3) is 0 Å². The Kier molecular flexibility index (Phi) is 5.87. The van der Waals surface area contributed by atoms with E-state index in [-0.39, 0.29) is 5.97 Å². The number of fused-ring (bicyclic) bond motifs is 1. The first kappa shape index (κ1) is 20.6. The van der Waals surface area contributed by atoms with Gasteiger partial charge in [0, 0.05) is 31.1 Å². The van der Waals surface area contributed by atoms with Crippen LogP contribution < -0.4 is 10.2 Å². The molecule has 0 saturated carbocycles. The predicted molar refractivity (Wildman–Crippen MR) is 122 cm³/mol. The summed E-state index contributed by atoms with van der Waals surface area (Å²) in [6, 6.07) is 7.87. The van der Waals surface area contributed by atoms with E-state index in [1.54, 1.807) is 0 Å². The van der Waals surface area contributed by atoms with Crippen LogP contribution >= 0.6 is 11.3 Å². The number of benzene rings is 1. The standard InChI is InChI=1S/C22H27N5O2S/c1-5-26-10-12-27(13-11-26)20-19(23-16-8-6-7-9-17(16)24-20)25-21-18(22(28)29-4)14(2)15(3)30-21/h6-9H,5,10-13H2,1-4H3,(H,23,25). The molecule has 1 saturated heterocycles. The van der Waals surface area contributed by atoms with E-state index < -0.39 is 0 Å². The summed E-state index contributed by atoms with van der Waals surface area (Å²) < 4.78 is 5.03. The fourth-order valence-corrected chi connectivity index (χ4v) is 4.79. The first-order valence-corrected chi connectivity index (χ1v) is 11.0. The number of rotatable bonds is 5. The van der Waals surface area contributed by atoms with Gasteiger partial charge in [0.15, 0.2) is 11.6 Å². The molecule has 30 heavy (non-hydrogen) atoms. The first-order valence-electron chi connectivity index (χ1n) is 10.2. The molecule has 0 radical (unpaired) electrons. The summed E-state index contributed by atoms with van der Waals surface area (Å²) >= 11 is 1.54. The molecule has 0 bridgehead atoms. The van der Waals surface area contributed by atoms with E-state index in [4.69, 9.17) is 14.7 Å². The summed E-state index contributed by atoms with van der Waals surface area (Å²) in [6.07, 6.45) is 0. The molecule has 1 aliphatic rings. The number of ether oxygens (including phenoxy) is 1. The highest BCUT2D eigenvalue weighted by atomic mass is 32.1. The number of nitrogens with zero attached hydrogens (tertiary/aromatic N) is 4. The second kappa shape index (κ2) is 8.57.